The van der Waals surface area contributed by atoms with Gasteiger partial charge in [0.05, 0.1) is 6.54 Å². The molecule has 1 fully saturated rings. The molecule has 0 bridgehead atoms. The maximum absolute atomic E-state index is 12.7. The van der Waals surface area contributed by atoms with Gasteiger partial charge in [-0.2, -0.15) is 0 Å². The SMILES string of the molecule is O=C(NCC(=O)N1CCCN(C(=O)c2cc(O)c(O)c(O)c2)CC1)c1ccccc1. The van der Waals surface area contributed by atoms with Crippen molar-refractivity contribution >= 4 is 17.7 Å². The Balaban J connectivity index is 1.56. The number of carbonyl (C=O) groups excluding carboxylic acids is 3. The minimum atomic E-state index is -0.684. The van der Waals surface area contributed by atoms with E-state index in [1.54, 1.807) is 35.2 Å². The molecule has 0 unspecified atom stereocenters. The zero-order chi connectivity index (χ0) is 21.7. The minimum Gasteiger partial charge on any atom is -0.504 e. The van der Waals surface area contributed by atoms with Gasteiger partial charge in [-0.25, -0.2) is 0 Å². The minimum absolute atomic E-state index is 0.0395. The van der Waals surface area contributed by atoms with Gasteiger partial charge in [0.15, 0.2) is 17.2 Å². The zero-order valence-electron chi connectivity index (χ0n) is 16.2. The highest BCUT2D eigenvalue weighted by molar-refractivity contribution is 5.97. The molecule has 0 atom stereocenters. The summed E-state index contributed by atoms with van der Waals surface area (Å²) in [5, 5.41) is 31.3. The number of phenols is 3. The van der Waals surface area contributed by atoms with E-state index >= 15 is 0 Å². The zero-order valence-corrected chi connectivity index (χ0v) is 16.2. The normalized spacial score (nSPS) is 14.1. The van der Waals surface area contributed by atoms with Crippen LogP contribution in [0.3, 0.4) is 0 Å². The molecule has 0 radical (unpaired) electrons. The van der Waals surface area contributed by atoms with Crippen LogP contribution in [0.1, 0.15) is 27.1 Å². The van der Waals surface area contributed by atoms with Crippen molar-refractivity contribution in [1.82, 2.24) is 15.1 Å². The highest BCUT2D eigenvalue weighted by atomic mass is 16.3. The summed E-state index contributed by atoms with van der Waals surface area (Å²) in [7, 11) is 0. The molecule has 2 aromatic rings. The predicted octanol–water partition coefficient (Wildman–Crippen LogP) is 0.908. The molecule has 4 N–H and O–H groups in total. The topological polar surface area (TPSA) is 130 Å². The molecular weight excluding hydrogens is 390 g/mol. The summed E-state index contributed by atoms with van der Waals surface area (Å²) in [5.74, 6) is -2.85. The van der Waals surface area contributed by atoms with Gasteiger partial charge in [-0.3, -0.25) is 14.4 Å². The summed E-state index contributed by atoms with van der Waals surface area (Å²) in [6.45, 7) is 1.25. The molecule has 2 aromatic carbocycles. The van der Waals surface area contributed by atoms with Gasteiger partial charge in [0, 0.05) is 37.3 Å². The van der Waals surface area contributed by atoms with Crippen molar-refractivity contribution in [3.63, 3.8) is 0 Å². The van der Waals surface area contributed by atoms with Gasteiger partial charge >= 0.3 is 0 Å². The summed E-state index contributed by atoms with van der Waals surface area (Å²) in [5.41, 5.74) is 0.510. The second kappa shape index (κ2) is 9.17. The Bertz CT molecular complexity index is 924. The van der Waals surface area contributed by atoms with Crippen molar-refractivity contribution < 1.29 is 29.7 Å². The van der Waals surface area contributed by atoms with Crippen molar-refractivity contribution in [1.29, 1.82) is 0 Å². The quantitative estimate of drug-likeness (QED) is 0.551. The third kappa shape index (κ3) is 4.80. The third-order valence-corrected chi connectivity index (χ3v) is 4.89. The van der Waals surface area contributed by atoms with Crippen LogP contribution in [0.5, 0.6) is 17.2 Å². The molecule has 30 heavy (non-hydrogen) atoms. The number of benzene rings is 2. The molecular formula is C21H23N3O6. The monoisotopic (exact) mass is 413 g/mol. The summed E-state index contributed by atoms with van der Waals surface area (Å²) in [4.78, 5) is 40.3. The first-order chi connectivity index (χ1) is 14.4. The molecule has 1 aliphatic heterocycles. The van der Waals surface area contributed by atoms with Gasteiger partial charge in [-0.1, -0.05) is 18.2 Å². The van der Waals surface area contributed by atoms with Gasteiger partial charge < -0.3 is 30.4 Å². The van der Waals surface area contributed by atoms with Crippen LogP contribution in [0.2, 0.25) is 0 Å². The van der Waals surface area contributed by atoms with Crippen LogP contribution in [0.15, 0.2) is 42.5 Å². The van der Waals surface area contributed by atoms with Crippen LogP contribution in [0.25, 0.3) is 0 Å². The van der Waals surface area contributed by atoms with E-state index in [4.69, 9.17) is 0 Å². The fraction of sp³-hybridized carbons (Fsp3) is 0.286. The summed E-state index contributed by atoms with van der Waals surface area (Å²) < 4.78 is 0. The average molecular weight is 413 g/mol. The largest absolute Gasteiger partial charge is 0.504 e. The standard InChI is InChI=1S/C21H23N3O6/c25-16-11-15(12-17(26)19(16)28)21(30)24-8-4-7-23(9-10-24)18(27)13-22-20(29)14-5-2-1-3-6-14/h1-3,5-6,11-12,25-26,28H,4,7-10,13H2,(H,22,29). The van der Waals surface area contributed by atoms with Crippen molar-refractivity contribution in [2.24, 2.45) is 0 Å². The maximum Gasteiger partial charge on any atom is 0.254 e. The summed E-state index contributed by atoms with van der Waals surface area (Å²) >= 11 is 0. The molecule has 1 aliphatic rings. The fourth-order valence-electron chi connectivity index (χ4n) is 3.24. The maximum atomic E-state index is 12.7. The summed E-state index contributed by atoms with van der Waals surface area (Å²) in [6, 6.07) is 10.8. The fourth-order valence-corrected chi connectivity index (χ4v) is 3.24. The van der Waals surface area contributed by atoms with E-state index in [1.165, 1.54) is 4.90 Å². The smallest absolute Gasteiger partial charge is 0.254 e. The van der Waals surface area contributed by atoms with Crippen molar-refractivity contribution in [3.05, 3.63) is 53.6 Å². The highest BCUT2D eigenvalue weighted by Crippen LogP contribution is 2.35. The Hall–Kier alpha value is -3.75. The molecule has 9 heteroatoms. The van der Waals surface area contributed by atoms with E-state index in [2.05, 4.69) is 5.32 Å². The van der Waals surface area contributed by atoms with Crippen molar-refractivity contribution in [2.45, 2.75) is 6.42 Å². The Morgan fingerprint density at radius 3 is 2.10 bits per heavy atom. The second-order valence-electron chi connectivity index (χ2n) is 6.94. The van der Waals surface area contributed by atoms with Crippen LogP contribution in [0, 0.1) is 0 Å². The van der Waals surface area contributed by atoms with E-state index in [0.29, 0.717) is 31.6 Å². The number of hydrogen-bond acceptors (Lipinski definition) is 6. The van der Waals surface area contributed by atoms with Gasteiger partial charge in [0.25, 0.3) is 11.8 Å². The highest BCUT2D eigenvalue weighted by Gasteiger charge is 2.24. The van der Waals surface area contributed by atoms with Gasteiger partial charge in [0.2, 0.25) is 5.91 Å². The number of nitrogens with one attached hydrogen (secondary N) is 1. The lowest BCUT2D eigenvalue weighted by Crippen LogP contribution is -2.42. The average Bonchev–Trinajstić information content (AvgIpc) is 3.01. The molecule has 1 saturated heterocycles. The Labute approximate surface area is 173 Å². The van der Waals surface area contributed by atoms with E-state index < -0.39 is 23.2 Å². The number of amides is 3. The molecule has 0 aromatic heterocycles. The number of nitrogens with zero attached hydrogens (tertiary/aromatic N) is 2. The number of rotatable bonds is 4. The van der Waals surface area contributed by atoms with Crippen LogP contribution in [0.4, 0.5) is 0 Å². The lowest BCUT2D eigenvalue weighted by Gasteiger charge is -2.22. The molecule has 3 rings (SSSR count). The molecule has 3 amide bonds. The molecule has 9 nitrogen and oxygen atoms in total. The Kier molecular flexibility index (Phi) is 6.41. The predicted molar refractivity (Wildman–Crippen MR) is 107 cm³/mol. The number of carbonyl (C=O) groups is 3. The van der Waals surface area contributed by atoms with Crippen LogP contribution < -0.4 is 5.32 Å². The molecule has 1 heterocycles. The van der Waals surface area contributed by atoms with E-state index in [9.17, 15) is 29.7 Å². The number of phenolic OH excluding ortho intramolecular Hbond substituents is 3. The summed E-state index contributed by atoms with van der Waals surface area (Å²) in [6.07, 6.45) is 0.542. The first-order valence-electron chi connectivity index (χ1n) is 9.52. The lowest BCUT2D eigenvalue weighted by molar-refractivity contribution is -0.129. The molecule has 158 valence electrons. The molecule has 0 spiro atoms. The van der Waals surface area contributed by atoms with Gasteiger partial charge in [-0.05, 0) is 30.7 Å². The van der Waals surface area contributed by atoms with Gasteiger partial charge in [0.1, 0.15) is 0 Å². The molecule has 0 saturated carbocycles. The van der Waals surface area contributed by atoms with Crippen LogP contribution >= 0.6 is 0 Å². The Morgan fingerprint density at radius 2 is 1.43 bits per heavy atom. The lowest BCUT2D eigenvalue weighted by atomic mass is 10.1. The van der Waals surface area contributed by atoms with E-state index in [1.807, 2.05) is 0 Å². The van der Waals surface area contributed by atoms with Crippen LogP contribution in [-0.4, -0.2) is 75.6 Å². The first kappa shape index (κ1) is 21.0. The second-order valence-corrected chi connectivity index (χ2v) is 6.94. The molecule has 0 aliphatic carbocycles. The van der Waals surface area contributed by atoms with Crippen molar-refractivity contribution in [3.8, 4) is 17.2 Å². The van der Waals surface area contributed by atoms with Gasteiger partial charge in [-0.15, -0.1) is 0 Å². The first-order valence-corrected chi connectivity index (χ1v) is 9.52. The van der Waals surface area contributed by atoms with Crippen molar-refractivity contribution in [2.75, 3.05) is 32.7 Å². The Morgan fingerprint density at radius 1 is 0.833 bits per heavy atom. The number of hydrogen-bond donors (Lipinski definition) is 4. The van der Waals surface area contributed by atoms with Crippen LogP contribution in [-0.2, 0) is 4.79 Å². The third-order valence-electron chi connectivity index (χ3n) is 4.89. The van der Waals surface area contributed by atoms with E-state index in [-0.39, 0.29) is 30.5 Å². The number of aromatic hydroxyl groups is 3. The van der Waals surface area contributed by atoms with E-state index in [0.717, 1.165) is 12.1 Å².